The lowest BCUT2D eigenvalue weighted by molar-refractivity contribution is -0.133. The molecule has 0 spiro atoms. The lowest BCUT2D eigenvalue weighted by atomic mass is 9.89. The molecule has 9 rings (SSSR count). The number of benzene rings is 4. The fourth-order valence-corrected chi connectivity index (χ4v) is 7.18. The van der Waals surface area contributed by atoms with Gasteiger partial charge in [-0.2, -0.15) is 0 Å². The average Bonchev–Trinajstić information content (AvgIpc) is 3.99. The molecule has 6 heteroatoms. The van der Waals surface area contributed by atoms with E-state index in [1.807, 2.05) is 97.1 Å². The van der Waals surface area contributed by atoms with Crippen LogP contribution in [0.1, 0.15) is 28.3 Å². The van der Waals surface area contributed by atoms with E-state index < -0.39 is 5.97 Å². The van der Waals surface area contributed by atoms with Gasteiger partial charge in [0.25, 0.3) is 0 Å². The van der Waals surface area contributed by atoms with Gasteiger partial charge in [0.05, 0.1) is 41.0 Å². The van der Waals surface area contributed by atoms with E-state index in [4.69, 9.17) is 14.7 Å². The number of fused-ring (bicyclic) bond motifs is 8. The number of hydrogen-bond acceptors (Lipinski definition) is 4. The number of hydrogen-bond donors (Lipinski definition) is 2. The second kappa shape index (κ2) is 13.0. The minimum atomic E-state index is -0.463. The van der Waals surface area contributed by atoms with Crippen LogP contribution in [0, 0.1) is 0 Å². The van der Waals surface area contributed by atoms with Crippen molar-refractivity contribution in [1.29, 1.82) is 0 Å². The highest BCUT2D eigenvalue weighted by molar-refractivity contribution is 6.29. The molecular weight excluding hydrogens is 641 g/mol. The molecule has 0 unspecified atom stereocenters. The average molecular weight is 673 g/mol. The Morgan fingerprint density at radius 3 is 1.65 bits per heavy atom. The first-order chi connectivity index (χ1) is 25.6. The molecule has 248 valence electrons. The predicted molar refractivity (Wildman–Crippen MR) is 211 cm³/mol. The number of rotatable bonds is 5. The normalized spacial score (nSPS) is 12.2. The van der Waals surface area contributed by atoms with Crippen molar-refractivity contribution >= 4 is 51.3 Å². The Hall–Kier alpha value is -7.05. The van der Waals surface area contributed by atoms with Crippen molar-refractivity contribution < 1.29 is 9.53 Å². The molecule has 0 saturated heterocycles. The van der Waals surface area contributed by atoms with Crippen LogP contribution < -0.4 is 0 Å². The van der Waals surface area contributed by atoms with Crippen LogP contribution in [0.15, 0.2) is 152 Å². The first-order valence-electron chi connectivity index (χ1n) is 17.2. The fourth-order valence-electron chi connectivity index (χ4n) is 7.18. The van der Waals surface area contributed by atoms with E-state index in [9.17, 15) is 4.79 Å². The minimum absolute atomic E-state index is 0.395. The van der Waals surface area contributed by atoms with Crippen LogP contribution in [-0.2, 0) is 9.53 Å². The molecular formula is C46H32N4O2. The van der Waals surface area contributed by atoms with Gasteiger partial charge in [-0.15, -0.1) is 0 Å². The molecule has 6 nitrogen and oxygen atoms in total. The number of carbonyl (C=O) groups excluding carboxylic acids is 1. The Morgan fingerprint density at radius 1 is 0.538 bits per heavy atom. The van der Waals surface area contributed by atoms with Gasteiger partial charge in [0.15, 0.2) is 0 Å². The second-order valence-corrected chi connectivity index (χ2v) is 12.7. The summed E-state index contributed by atoms with van der Waals surface area (Å²) in [7, 11) is 1.42. The summed E-state index contributed by atoms with van der Waals surface area (Å²) in [6, 6.07) is 51.1. The molecule has 0 amide bonds. The van der Waals surface area contributed by atoms with E-state index >= 15 is 0 Å². The summed E-state index contributed by atoms with van der Waals surface area (Å²) in [4.78, 5) is 31.7. The summed E-state index contributed by atoms with van der Waals surface area (Å²) in [5.74, 6) is -0.463. The highest BCUT2D eigenvalue weighted by Gasteiger charge is 2.31. The SMILES string of the molecule is COC(=O)C1=C(c2ccccc2)c2nc1cc1ccc(cc3nc(cc4[nH]c(c2-c2ccccc2)c(-c2ccccc2)c4-c2ccccc2)C=C3)[nH]1. The van der Waals surface area contributed by atoms with Gasteiger partial charge in [-0.05, 0) is 64.7 Å². The van der Waals surface area contributed by atoms with Gasteiger partial charge < -0.3 is 14.7 Å². The molecule has 0 fully saturated rings. The number of H-pyrrole nitrogens is 2. The van der Waals surface area contributed by atoms with E-state index in [0.717, 1.165) is 72.4 Å². The van der Waals surface area contributed by atoms with Gasteiger partial charge in [-0.1, -0.05) is 121 Å². The Kier molecular flexibility index (Phi) is 7.75. The van der Waals surface area contributed by atoms with E-state index in [1.54, 1.807) is 0 Å². The molecule has 8 bridgehead atoms. The Morgan fingerprint density at radius 2 is 1.06 bits per heavy atom. The quantitative estimate of drug-likeness (QED) is 0.178. The molecule has 4 aromatic carbocycles. The zero-order valence-corrected chi connectivity index (χ0v) is 28.3. The van der Waals surface area contributed by atoms with Crippen molar-refractivity contribution in [3.05, 3.63) is 180 Å². The molecule has 7 aromatic rings. The number of aromatic amines is 2. The van der Waals surface area contributed by atoms with E-state index in [-0.39, 0.29) is 0 Å². The highest BCUT2D eigenvalue weighted by atomic mass is 16.5. The molecule has 0 radical (unpaired) electrons. The van der Waals surface area contributed by atoms with Gasteiger partial charge in [-0.3, -0.25) is 0 Å². The summed E-state index contributed by atoms with van der Waals surface area (Å²) in [5.41, 5.74) is 14.2. The van der Waals surface area contributed by atoms with Crippen LogP contribution in [0.25, 0.3) is 78.7 Å². The van der Waals surface area contributed by atoms with E-state index in [0.29, 0.717) is 22.5 Å². The summed E-state index contributed by atoms with van der Waals surface area (Å²) >= 11 is 0. The monoisotopic (exact) mass is 672 g/mol. The van der Waals surface area contributed by atoms with Crippen LogP contribution in [0.5, 0.6) is 0 Å². The standard InChI is InChI=1S/C46H32N4O2/c1-52-46(51)43-38-28-36-25-23-34(48-36)26-33-22-24-35(47-33)27-37-39(29-14-6-2-7-15-29)40(30-16-8-3-9-17-30)44(49-37)42(32-20-12-5-13-21-32)45(50-38)41(43)31-18-10-4-11-19-31/h2-28,48-49H,1H3. The van der Waals surface area contributed by atoms with Crippen LogP contribution in [0.4, 0.5) is 0 Å². The Labute approximate surface area is 300 Å². The maximum Gasteiger partial charge on any atom is 0.340 e. The van der Waals surface area contributed by atoms with Crippen LogP contribution in [0.2, 0.25) is 0 Å². The van der Waals surface area contributed by atoms with Crippen molar-refractivity contribution in [2.75, 3.05) is 7.11 Å². The van der Waals surface area contributed by atoms with Crippen LogP contribution in [0.3, 0.4) is 0 Å². The third-order valence-corrected chi connectivity index (χ3v) is 9.43. The lowest BCUT2D eigenvalue weighted by Gasteiger charge is -2.13. The first-order valence-corrected chi connectivity index (χ1v) is 17.2. The second-order valence-electron chi connectivity index (χ2n) is 12.7. The zero-order valence-electron chi connectivity index (χ0n) is 28.3. The van der Waals surface area contributed by atoms with Crippen molar-refractivity contribution in [1.82, 2.24) is 19.9 Å². The van der Waals surface area contributed by atoms with Crippen LogP contribution in [-0.4, -0.2) is 33.0 Å². The molecule has 2 aliphatic heterocycles. The van der Waals surface area contributed by atoms with Gasteiger partial charge in [0, 0.05) is 38.8 Å². The summed E-state index contributed by atoms with van der Waals surface area (Å²) in [5, 5.41) is 0. The fraction of sp³-hybridized carbons (Fsp3) is 0.0217. The maximum atomic E-state index is 14.0. The number of nitrogens with zero attached hydrogens (tertiary/aromatic N) is 2. The number of methoxy groups -OCH3 is 1. The van der Waals surface area contributed by atoms with Crippen LogP contribution >= 0.6 is 0 Å². The Bertz CT molecular complexity index is 2710. The largest absolute Gasteiger partial charge is 0.465 e. The first kappa shape index (κ1) is 31.0. The number of esters is 1. The number of nitrogens with one attached hydrogen (secondary N) is 2. The van der Waals surface area contributed by atoms with Crippen molar-refractivity contribution in [3.63, 3.8) is 0 Å². The molecule has 3 aromatic heterocycles. The number of aromatic nitrogens is 4. The van der Waals surface area contributed by atoms with Crippen molar-refractivity contribution in [3.8, 4) is 33.4 Å². The molecule has 0 atom stereocenters. The van der Waals surface area contributed by atoms with E-state index in [1.165, 1.54) is 7.11 Å². The molecule has 2 N–H and O–H groups in total. The van der Waals surface area contributed by atoms with Gasteiger partial charge in [-0.25, -0.2) is 14.8 Å². The van der Waals surface area contributed by atoms with Gasteiger partial charge >= 0.3 is 5.97 Å². The number of ether oxygens (including phenoxy) is 1. The summed E-state index contributed by atoms with van der Waals surface area (Å²) in [6.45, 7) is 0. The molecule has 5 heterocycles. The van der Waals surface area contributed by atoms with E-state index in [2.05, 4.69) is 76.7 Å². The van der Waals surface area contributed by atoms with Crippen molar-refractivity contribution in [2.45, 2.75) is 0 Å². The van der Waals surface area contributed by atoms with Crippen molar-refractivity contribution in [2.24, 2.45) is 0 Å². The molecule has 52 heavy (non-hydrogen) atoms. The molecule has 0 aliphatic carbocycles. The lowest BCUT2D eigenvalue weighted by Crippen LogP contribution is -2.04. The smallest absolute Gasteiger partial charge is 0.340 e. The predicted octanol–water partition coefficient (Wildman–Crippen LogP) is 10.6. The van der Waals surface area contributed by atoms with Gasteiger partial charge in [0.1, 0.15) is 0 Å². The minimum Gasteiger partial charge on any atom is -0.465 e. The summed E-state index contributed by atoms with van der Waals surface area (Å²) in [6.07, 6.45) is 4.06. The number of carbonyl (C=O) groups is 1. The topological polar surface area (TPSA) is 83.7 Å². The molecule has 2 aliphatic rings. The zero-order chi connectivity index (χ0) is 35.0. The highest BCUT2D eigenvalue weighted by Crippen LogP contribution is 2.47. The molecule has 0 saturated carbocycles. The third kappa shape index (κ3) is 5.53. The maximum absolute atomic E-state index is 14.0. The summed E-state index contributed by atoms with van der Waals surface area (Å²) < 4.78 is 5.49. The Balaban J connectivity index is 1.58. The third-order valence-electron chi connectivity index (χ3n) is 9.43. The van der Waals surface area contributed by atoms with Gasteiger partial charge in [0.2, 0.25) is 0 Å².